The first-order valence-corrected chi connectivity index (χ1v) is 6.26. The average molecular weight is 294 g/mol. The lowest BCUT2D eigenvalue weighted by Crippen LogP contribution is -2.39. The molecule has 0 saturated carbocycles. The zero-order valence-corrected chi connectivity index (χ0v) is 11.9. The van der Waals surface area contributed by atoms with Crippen LogP contribution in [0.25, 0.3) is 0 Å². The van der Waals surface area contributed by atoms with Gasteiger partial charge >= 0.3 is 11.9 Å². The SMILES string of the molecule is CN(C)Cc1ccc(C(=O)N(CC(=O)O)CC(=O)O)cc1. The molecule has 0 aliphatic carbocycles. The van der Waals surface area contributed by atoms with Crippen molar-refractivity contribution < 1.29 is 24.6 Å². The molecule has 2 N–H and O–H groups in total. The molecule has 0 fully saturated rings. The van der Waals surface area contributed by atoms with Gasteiger partial charge in [-0.15, -0.1) is 0 Å². The van der Waals surface area contributed by atoms with Crippen molar-refractivity contribution >= 4 is 17.8 Å². The van der Waals surface area contributed by atoms with Gasteiger partial charge in [-0.05, 0) is 31.8 Å². The van der Waals surface area contributed by atoms with Crippen molar-refractivity contribution in [1.82, 2.24) is 9.80 Å². The number of benzene rings is 1. The summed E-state index contributed by atoms with van der Waals surface area (Å²) in [5, 5.41) is 17.5. The molecule has 114 valence electrons. The number of hydrogen-bond donors (Lipinski definition) is 2. The molecular weight excluding hydrogens is 276 g/mol. The minimum Gasteiger partial charge on any atom is -0.480 e. The molecule has 0 bridgehead atoms. The second-order valence-electron chi connectivity index (χ2n) is 4.88. The first kappa shape index (κ1) is 16.6. The topological polar surface area (TPSA) is 98.2 Å². The summed E-state index contributed by atoms with van der Waals surface area (Å²) in [5.74, 6) is -3.13. The average Bonchev–Trinajstić information content (AvgIpc) is 2.36. The molecule has 0 aliphatic heterocycles. The van der Waals surface area contributed by atoms with Crippen LogP contribution >= 0.6 is 0 Å². The first-order valence-electron chi connectivity index (χ1n) is 6.26. The van der Waals surface area contributed by atoms with E-state index >= 15 is 0 Å². The number of carboxylic acids is 2. The summed E-state index contributed by atoms with van der Waals surface area (Å²) >= 11 is 0. The second kappa shape index (κ2) is 7.39. The Morgan fingerprint density at radius 2 is 1.43 bits per heavy atom. The maximum atomic E-state index is 12.1. The van der Waals surface area contributed by atoms with Crippen LogP contribution in [0.15, 0.2) is 24.3 Å². The highest BCUT2D eigenvalue weighted by Gasteiger charge is 2.20. The van der Waals surface area contributed by atoms with Gasteiger partial charge in [0, 0.05) is 12.1 Å². The maximum Gasteiger partial charge on any atom is 0.323 e. The molecule has 1 aromatic rings. The van der Waals surface area contributed by atoms with E-state index in [0.717, 1.165) is 10.5 Å². The number of nitrogens with zero attached hydrogens (tertiary/aromatic N) is 2. The zero-order chi connectivity index (χ0) is 16.0. The Balaban J connectivity index is 2.87. The largest absolute Gasteiger partial charge is 0.480 e. The molecule has 7 nitrogen and oxygen atoms in total. The maximum absolute atomic E-state index is 12.1. The molecule has 1 rings (SSSR count). The molecule has 1 aromatic carbocycles. The Morgan fingerprint density at radius 1 is 0.952 bits per heavy atom. The standard InChI is InChI=1S/C14H18N2O5/c1-15(2)7-10-3-5-11(6-4-10)14(21)16(8-12(17)18)9-13(19)20/h3-6H,7-9H2,1-2H3,(H,17,18)(H,19,20). The third-order valence-corrected chi connectivity index (χ3v) is 2.64. The van der Waals surface area contributed by atoms with Crippen LogP contribution in [-0.2, 0) is 16.1 Å². The van der Waals surface area contributed by atoms with Crippen LogP contribution in [0.4, 0.5) is 0 Å². The van der Waals surface area contributed by atoms with Gasteiger partial charge in [-0.3, -0.25) is 14.4 Å². The van der Waals surface area contributed by atoms with Crippen molar-refractivity contribution in [1.29, 1.82) is 0 Å². The Labute approximate surface area is 122 Å². The lowest BCUT2D eigenvalue weighted by Gasteiger charge is -2.18. The van der Waals surface area contributed by atoms with Gasteiger partial charge in [0.1, 0.15) is 13.1 Å². The van der Waals surface area contributed by atoms with Crippen LogP contribution in [0.5, 0.6) is 0 Å². The molecule has 0 spiro atoms. The number of hydrogen-bond acceptors (Lipinski definition) is 4. The van der Waals surface area contributed by atoms with Crippen molar-refractivity contribution in [2.45, 2.75) is 6.54 Å². The van der Waals surface area contributed by atoms with Gasteiger partial charge in [0.25, 0.3) is 5.91 Å². The second-order valence-corrected chi connectivity index (χ2v) is 4.88. The van der Waals surface area contributed by atoms with E-state index in [1.54, 1.807) is 24.3 Å². The fourth-order valence-corrected chi connectivity index (χ4v) is 1.83. The van der Waals surface area contributed by atoms with E-state index < -0.39 is 30.9 Å². The molecule has 0 heterocycles. The van der Waals surface area contributed by atoms with Crippen molar-refractivity contribution in [3.8, 4) is 0 Å². The molecule has 7 heteroatoms. The summed E-state index contributed by atoms with van der Waals surface area (Å²) in [7, 11) is 3.83. The Kier molecular flexibility index (Phi) is 5.86. The highest BCUT2D eigenvalue weighted by Crippen LogP contribution is 2.09. The predicted molar refractivity (Wildman–Crippen MR) is 75.0 cm³/mol. The minimum atomic E-state index is -1.26. The van der Waals surface area contributed by atoms with Gasteiger partial charge in [0.2, 0.25) is 0 Å². The number of carbonyl (C=O) groups excluding carboxylic acids is 1. The fraction of sp³-hybridized carbons (Fsp3) is 0.357. The van der Waals surface area contributed by atoms with Gasteiger partial charge in [0.15, 0.2) is 0 Å². The Hall–Kier alpha value is -2.41. The monoisotopic (exact) mass is 294 g/mol. The summed E-state index contributed by atoms with van der Waals surface area (Å²) in [4.78, 5) is 36.3. The number of carboxylic acid groups (broad SMARTS) is 2. The molecule has 0 atom stereocenters. The van der Waals surface area contributed by atoms with E-state index in [1.807, 2.05) is 19.0 Å². The van der Waals surface area contributed by atoms with Gasteiger partial charge in [0.05, 0.1) is 0 Å². The van der Waals surface area contributed by atoms with Crippen molar-refractivity contribution in [3.63, 3.8) is 0 Å². The van der Waals surface area contributed by atoms with E-state index in [0.29, 0.717) is 6.54 Å². The summed E-state index contributed by atoms with van der Waals surface area (Å²) in [6.45, 7) is -0.586. The summed E-state index contributed by atoms with van der Waals surface area (Å²) < 4.78 is 0. The third-order valence-electron chi connectivity index (χ3n) is 2.64. The molecule has 1 amide bonds. The predicted octanol–water partition coefficient (Wildman–Crippen LogP) is 0.360. The quantitative estimate of drug-likeness (QED) is 0.753. The molecular formula is C14H18N2O5. The number of rotatable bonds is 7. The van der Waals surface area contributed by atoms with Crippen LogP contribution in [0.2, 0.25) is 0 Å². The normalized spacial score (nSPS) is 10.4. The van der Waals surface area contributed by atoms with Crippen LogP contribution in [0, 0.1) is 0 Å². The Bertz CT molecular complexity index is 509. The molecule has 0 saturated heterocycles. The summed E-state index contributed by atoms with van der Waals surface area (Å²) in [5.41, 5.74) is 1.26. The lowest BCUT2D eigenvalue weighted by molar-refractivity contribution is -0.140. The van der Waals surface area contributed by atoms with E-state index in [9.17, 15) is 14.4 Å². The van der Waals surface area contributed by atoms with Gasteiger partial charge < -0.3 is 20.0 Å². The van der Waals surface area contributed by atoms with E-state index in [4.69, 9.17) is 10.2 Å². The smallest absolute Gasteiger partial charge is 0.323 e. The number of carbonyl (C=O) groups is 3. The third kappa shape index (κ3) is 5.62. The zero-order valence-electron chi connectivity index (χ0n) is 11.9. The fourth-order valence-electron chi connectivity index (χ4n) is 1.83. The van der Waals surface area contributed by atoms with Crippen LogP contribution in [-0.4, -0.2) is 65.0 Å². The molecule has 0 aromatic heterocycles. The van der Waals surface area contributed by atoms with Crippen LogP contribution < -0.4 is 0 Å². The Morgan fingerprint density at radius 3 is 1.81 bits per heavy atom. The first-order chi connectivity index (χ1) is 9.79. The van der Waals surface area contributed by atoms with Crippen molar-refractivity contribution in [2.24, 2.45) is 0 Å². The summed E-state index contributed by atoms with van der Waals surface area (Å²) in [6.07, 6.45) is 0. The lowest BCUT2D eigenvalue weighted by atomic mass is 10.1. The molecule has 0 unspecified atom stereocenters. The molecule has 21 heavy (non-hydrogen) atoms. The van der Waals surface area contributed by atoms with Crippen molar-refractivity contribution in [2.75, 3.05) is 27.2 Å². The highest BCUT2D eigenvalue weighted by molar-refractivity contribution is 5.97. The van der Waals surface area contributed by atoms with Gasteiger partial charge in [-0.2, -0.15) is 0 Å². The highest BCUT2D eigenvalue weighted by atomic mass is 16.4. The van der Waals surface area contributed by atoms with Crippen molar-refractivity contribution in [3.05, 3.63) is 35.4 Å². The van der Waals surface area contributed by atoms with Gasteiger partial charge in [-0.1, -0.05) is 12.1 Å². The van der Waals surface area contributed by atoms with Gasteiger partial charge in [-0.25, -0.2) is 0 Å². The van der Waals surface area contributed by atoms with E-state index in [1.165, 1.54) is 0 Å². The molecule has 0 radical (unpaired) electrons. The van der Waals surface area contributed by atoms with Crippen LogP contribution in [0.3, 0.4) is 0 Å². The minimum absolute atomic E-state index is 0.264. The number of amides is 1. The number of aliphatic carboxylic acids is 2. The molecule has 0 aliphatic rings. The van der Waals surface area contributed by atoms with E-state index in [2.05, 4.69) is 0 Å². The summed E-state index contributed by atoms with van der Waals surface area (Å²) in [6, 6.07) is 6.65. The van der Waals surface area contributed by atoms with Crippen LogP contribution in [0.1, 0.15) is 15.9 Å². The van der Waals surface area contributed by atoms with E-state index in [-0.39, 0.29) is 5.56 Å².